The zero-order valence-electron chi connectivity index (χ0n) is 63.1. The minimum atomic E-state index is -1.05. The van der Waals surface area contributed by atoms with Gasteiger partial charge in [0.2, 0.25) is 0 Å². The smallest absolute Gasteiger partial charge is 0.308 e. The molecule has 10 aliphatic rings. The molecule has 2 aliphatic heterocycles. The van der Waals surface area contributed by atoms with Crippen molar-refractivity contribution >= 4 is 29.5 Å². The SMILES string of the molecule is CC(=O)O[C@@H]1C[C@@]23COC[C@@](C)([C@@H]2CC[C@H]2C3=CC(=O)[C@@]3(C)[C@H](C(=O)O)[C@@](C)([C@H](C)C(C)C)CC[C@]23C)[C@H]1OCC(C)(N)C(C)C.CC(C)[C@@H](C)[C@@]1(C)CC[C@]2(C)[C@H]3CC[C@@H]4[C@@]5(COC[C@]4(C)[C@@H](OCC(C)(N)C(C)C)[C@H](n4ncnn4)C5)C3=CC(=O)[C@@]2(C)[C@@H]1C(=O)O.c1nn[nH]n1. The van der Waals surface area contributed by atoms with Gasteiger partial charge in [-0.25, -0.2) is 0 Å². The van der Waals surface area contributed by atoms with Gasteiger partial charge < -0.3 is 45.4 Å². The van der Waals surface area contributed by atoms with Crippen molar-refractivity contribution in [3.63, 3.8) is 0 Å². The van der Waals surface area contributed by atoms with Crippen molar-refractivity contribution < 1.29 is 57.9 Å². The van der Waals surface area contributed by atoms with Crippen LogP contribution in [-0.2, 0) is 47.7 Å². The van der Waals surface area contributed by atoms with Crippen molar-refractivity contribution in [3.05, 3.63) is 36.0 Å². The molecule has 0 radical (unpaired) electrons. The summed E-state index contributed by atoms with van der Waals surface area (Å²) >= 11 is 0. The van der Waals surface area contributed by atoms with E-state index in [9.17, 15) is 34.2 Å². The molecule has 4 heterocycles. The van der Waals surface area contributed by atoms with Crippen molar-refractivity contribution in [3.8, 4) is 0 Å². The molecule has 22 heteroatoms. The van der Waals surface area contributed by atoms with E-state index in [1.54, 1.807) is 4.80 Å². The fourth-order valence-electron chi connectivity index (χ4n) is 23.2. The number of ether oxygens (including phenoxy) is 5. The molecule has 8 aliphatic carbocycles. The Bertz CT molecular complexity index is 3340. The number of aromatic amines is 1. The van der Waals surface area contributed by atoms with E-state index in [0.29, 0.717) is 64.3 Å². The summed E-state index contributed by atoms with van der Waals surface area (Å²) in [7, 11) is 0. The number of carboxylic acid groups (broad SMARTS) is 2. The lowest BCUT2D eigenvalue weighted by atomic mass is 9.34. The number of aliphatic carboxylic acids is 2. The second-order valence-electron chi connectivity index (χ2n) is 36.7. The molecule has 24 atom stereocenters. The fourth-order valence-corrected chi connectivity index (χ4v) is 23.2. The first-order valence-corrected chi connectivity index (χ1v) is 37.0. The van der Waals surface area contributed by atoms with Gasteiger partial charge in [0.25, 0.3) is 0 Å². The third-order valence-electron chi connectivity index (χ3n) is 30.9. The summed E-state index contributed by atoms with van der Waals surface area (Å²) in [4.78, 5) is 70.7. The first kappa shape index (κ1) is 75.8. The highest BCUT2D eigenvalue weighted by Gasteiger charge is 2.77. The van der Waals surface area contributed by atoms with Gasteiger partial charge in [0.05, 0.1) is 57.6 Å². The van der Waals surface area contributed by atoms with E-state index >= 15 is 0 Å². The number of nitrogens with zero attached hydrogens (tertiary/aromatic N) is 7. The highest BCUT2D eigenvalue weighted by molar-refractivity contribution is 6.01. The number of hydrogen-bond donors (Lipinski definition) is 5. The Hall–Kier alpha value is -4.87. The Kier molecular flexibility index (Phi) is 20.2. The van der Waals surface area contributed by atoms with Crippen LogP contribution in [0, 0.1) is 125 Å². The molecule has 4 bridgehead atoms. The van der Waals surface area contributed by atoms with Gasteiger partial charge in [-0.15, -0.1) is 20.4 Å². The summed E-state index contributed by atoms with van der Waals surface area (Å²) < 4.78 is 32.8. The molecular weight excluding hydrogens is 1240 g/mol. The van der Waals surface area contributed by atoms with Gasteiger partial charge in [0.15, 0.2) is 24.2 Å². The summed E-state index contributed by atoms with van der Waals surface area (Å²) in [5, 5.41) is 47.1. The molecule has 2 unspecified atom stereocenters. The first-order valence-electron chi connectivity index (χ1n) is 37.0. The number of nitrogens with one attached hydrogen (secondary N) is 1. The number of carbonyl (C=O) groups is 5. The predicted octanol–water partition coefficient (Wildman–Crippen LogP) is 11.4. The van der Waals surface area contributed by atoms with Crippen LogP contribution in [0.1, 0.15) is 216 Å². The molecule has 0 spiro atoms. The van der Waals surface area contributed by atoms with Crippen LogP contribution in [0.15, 0.2) is 36.0 Å². The molecule has 12 rings (SSSR count). The molecule has 2 saturated heterocycles. The van der Waals surface area contributed by atoms with E-state index in [1.807, 2.05) is 39.8 Å². The van der Waals surface area contributed by atoms with Gasteiger partial charge in [-0.1, -0.05) is 141 Å². The number of allylic oxidation sites excluding steroid dienone is 2. The van der Waals surface area contributed by atoms with E-state index in [1.165, 1.54) is 19.6 Å². The molecule has 8 fully saturated rings. The Morgan fingerprint density at radius 2 is 1.07 bits per heavy atom. The van der Waals surface area contributed by atoms with Gasteiger partial charge in [-0.3, -0.25) is 24.0 Å². The molecule has 0 aromatic carbocycles. The standard InChI is InChI=1S/C38H61NO7.C37H59N5O5.CH2N4/c1-21(2)23(5)33(7)14-15-35(9)25-12-13-28-34(8)18-44-20-38(28,26(25)16-29(41)37(35,11)30(33)32(42)43)17-27(46-24(6)40)31(34)45-19-36(10,39)22(3)4;1-21(2)23(5)32(6)13-14-34(8)24-11-12-27-33(7)17-46-19-37(27,25(24)15-28(43)36(34,10)29(32)31(44)45)16-26(42-40-20-39-41-42)30(33)47-18-35(9,38)22(3)4;1-2-4-5-3-1/h16,21-23,25,27-28,30-31H,12-15,17-20,39H2,1-11H3,(H,42,43);15,20-24,26-27,29-30H,11-14,16-19,38H2,1-10H3,(H,44,45);1H,(H,2,3,4,5)/t23-,25+,27-,28+,30-,31+,33-,34+,35-,36?,37+,38+;23-,24+,26-,27+,29-,30+,32-,33+,34-,35?,36+,37+;/m11./s1. The monoisotopic (exact) mass is 1370 g/mol. The number of rotatable bonds is 16. The summed E-state index contributed by atoms with van der Waals surface area (Å²) in [5.41, 5.74) is 8.62. The maximum absolute atomic E-state index is 14.9. The van der Waals surface area contributed by atoms with Crippen molar-refractivity contribution in [1.82, 2.24) is 40.8 Å². The average molecular weight is 1370 g/mol. The Morgan fingerprint density at radius 1 is 0.633 bits per heavy atom. The maximum atomic E-state index is 14.9. The molecule has 22 nitrogen and oxygen atoms in total. The molecule has 2 aromatic heterocycles. The van der Waals surface area contributed by atoms with E-state index < -0.39 is 95.8 Å². The van der Waals surface area contributed by atoms with Crippen LogP contribution in [0.3, 0.4) is 0 Å². The topological polar surface area (TPSA) is 322 Å². The van der Waals surface area contributed by atoms with Gasteiger partial charge in [0.1, 0.15) is 18.2 Å². The van der Waals surface area contributed by atoms with Crippen LogP contribution < -0.4 is 11.5 Å². The Morgan fingerprint density at radius 3 is 1.44 bits per heavy atom. The highest BCUT2D eigenvalue weighted by atomic mass is 16.6. The molecular formula is C76H122N10O12. The number of aromatic nitrogens is 8. The number of esters is 1. The van der Waals surface area contributed by atoms with Crippen molar-refractivity contribution in [2.24, 2.45) is 137 Å². The number of nitrogens with two attached hydrogens (primary N) is 2. The van der Waals surface area contributed by atoms with Crippen LogP contribution in [0.4, 0.5) is 0 Å². The van der Waals surface area contributed by atoms with Gasteiger partial charge >= 0.3 is 17.9 Å². The largest absolute Gasteiger partial charge is 0.481 e. The highest BCUT2D eigenvalue weighted by Crippen LogP contribution is 2.77. The molecule has 2 aromatic rings. The Labute approximate surface area is 582 Å². The lowest BCUT2D eigenvalue weighted by molar-refractivity contribution is -0.268. The van der Waals surface area contributed by atoms with Crippen molar-refractivity contribution in [2.75, 3.05) is 39.6 Å². The molecule has 0 amide bonds. The number of carboxylic acids is 2. The maximum Gasteiger partial charge on any atom is 0.308 e. The van der Waals surface area contributed by atoms with Crippen molar-refractivity contribution in [1.29, 1.82) is 0 Å². The third-order valence-corrected chi connectivity index (χ3v) is 30.9. The minimum Gasteiger partial charge on any atom is -0.481 e. The quantitative estimate of drug-likeness (QED) is 0.0975. The second-order valence-corrected chi connectivity index (χ2v) is 36.7. The summed E-state index contributed by atoms with van der Waals surface area (Å²) in [6, 6.07) is -0.227. The number of hydrogen-bond acceptors (Lipinski definition) is 18. The van der Waals surface area contributed by atoms with E-state index in [-0.39, 0.29) is 82.4 Å². The number of fused-ring (bicyclic) bond motifs is 6. The van der Waals surface area contributed by atoms with Crippen LogP contribution in [-0.4, -0.2) is 150 Å². The summed E-state index contributed by atoms with van der Waals surface area (Å²) in [6.45, 7) is 46.6. The molecule has 6 saturated carbocycles. The number of tetrazole rings is 2. The number of ketones is 2. The number of H-pyrrole nitrogens is 1. The van der Waals surface area contributed by atoms with Gasteiger partial charge in [0, 0.05) is 50.5 Å². The third kappa shape index (κ3) is 11.4. The van der Waals surface area contributed by atoms with Gasteiger partial charge in [-0.05, 0) is 176 Å². The zero-order valence-corrected chi connectivity index (χ0v) is 63.1. The van der Waals surface area contributed by atoms with E-state index in [4.69, 9.17) is 35.2 Å². The minimum absolute atomic E-state index is 0.0295. The van der Waals surface area contributed by atoms with E-state index in [0.717, 1.165) is 62.5 Å². The van der Waals surface area contributed by atoms with Crippen molar-refractivity contribution in [2.45, 2.75) is 245 Å². The van der Waals surface area contributed by atoms with Crippen LogP contribution >= 0.6 is 0 Å². The normalized spacial score (nSPS) is 43.4. The first-order chi connectivity index (χ1) is 45.4. The summed E-state index contributed by atoms with van der Waals surface area (Å²) in [6.07, 6.45) is 13.3. The predicted molar refractivity (Wildman–Crippen MR) is 369 cm³/mol. The Balaban J connectivity index is 0.000000198. The fraction of sp³-hybridized carbons (Fsp3) is 0.855. The lowest BCUT2D eigenvalue weighted by Crippen LogP contribution is -2.71. The summed E-state index contributed by atoms with van der Waals surface area (Å²) in [5.74, 6) is -1.96. The number of carbonyl (C=O) groups excluding carboxylic acids is 3. The van der Waals surface area contributed by atoms with E-state index in [2.05, 4.69) is 147 Å². The molecule has 7 N–H and O–H groups in total. The molecule has 548 valence electrons. The van der Waals surface area contributed by atoms with Crippen LogP contribution in [0.25, 0.3) is 0 Å². The molecule has 98 heavy (non-hydrogen) atoms. The lowest BCUT2D eigenvalue weighted by Gasteiger charge is -2.70. The average Bonchev–Trinajstić information content (AvgIpc) is 0.704. The second kappa shape index (κ2) is 26.1. The van der Waals surface area contributed by atoms with Crippen LogP contribution in [0.2, 0.25) is 0 Å². The van der Waals surface area contributed by atoms with Crippen LogP contribution in [0.5, 0.6) is 0 Å². The van der Waals surface area contributed by atoms with Gasteiger partial charge in [-0.2, -0.15) is 10.0 Å². The zero-order chi connectivity index (χ0) is 72.5.